The van der Waals surface area contributed by atoms with Crippen LogP contribution in [0.3, 0.4) is 0 Å². The molecule has 0 atom stereocenters. The molecule has 1 N–H and O–H groups in total. The molecular weight excluding hydrogens is 270 g/mol. The van der Waals surface area contributed by atoms with Crippen molar-refractivity contribution < 1.29 is 0 Å². The zero-order valence-corrected chi connectivity index (χ0v) is 12.0. The summed E-state index contributed by atoms with van der Waals surface area (Å²) in [7, 11) is 1.89. The topological polar surface area (TPSA) is 66.5 Å². The van der Waals surface area contributed by atoms with Crippen LogP contribution in [0, 0.1) is 18.3 Å². The lowest BCUT2D eigenvalue weighted by atomic mass is 10.2. The Morgan fingerprint density at radius 3 is 3.05 bits per heavy atom. The highest BCUT2D eigenvalue weighted by atomic mass is 32.1. The first-order valence-corrected chi connectivity index (χ1v) is 7.06. The number of hydrogen-bond acceptors (Lipinski definition) is 5. The van der Waals surface area contributed by atoms with Crippen molar-refractivity contribution in [3.05, 3.63) is 39.8 Å². The van der Waals surface area contributed by atoms with Gasteiger partial charge in [0.1, 0.15) is 6.07 Å². The van der Waals surface area contributed by atoms with E-state index < -0.39 is 0 Å². The molecule has 0 aromatic carbocycles. The number of nitriles is 1. The lowest BCUT2D eigenvalue weighted by Gasteiger charge is -2.04. The first-order chi connectivity index (χ1) is 9.67. The van der Waals surface area contributed by atoms with E-state index in [1.54, 1.807) is 16.0 Å². The molecular formula is C14H13N5S. The van der Waals surface area contributed by atoms with E-state index in [0.29, 0.717) is 12.1 Å². The monoisotopic (exact) mass is 283 g/mol. The van der Waals surface area contributed by atoms with Crippen LogP contribution in [-0.4, -0.2) is 14.8 Å². The molecule has 0 saturated carbocycles. The van der Waals surface area contributed by atoms with Gasteiger partial charge in [-0.2, -0.15) is 10.4 Å². The smallest absolute Gasteiger partial charge is 0.157 e. The molecule has 20 heavy (non-hydrogen) atoms. The maximum absolute atomic E-state index is 8.80. The lowest BCUT2D eigenvalue weighted by molar-refractivity contribution is 0.774. The minimum absolute atomic E-state index is 0.693. The predicted octanol–water partition coefficient (Wildman–Crippen LogP) is 2.82. The molecule has 0 unspecified atom stereocenters. The molecule has 0 aliphatic carbocycles. The molecule has 0 fully saturated rings. The van der Waals surface area contributed by atoms with Gasteiger partial charge in [0.25, 0.3) is 0 Å². The second kappa shape index (κ2) is 4.94. The molecule has 0 amide bonds. The van der Waals surface area contributed by atoms with Crippen molar-refractivity contribution in [2.24, 2.45) is 7.05 Å². The molecule has 3 aromatic heterocycles. The van der Waals surface area contributed by atoms with Crippen LogP contribution in [-0.2, 0) is 13.6 Å². The summed E-state index contributed by atoms with van der Waals surface area (Å²) >= 11 is 1.58. The summed E-state index contributed by atoms with van der Waals surface area (Å²) in [6, 6.07) is 6.10. The van der Waals surface area contributed by atoms with Crippen LogP contribution in [0.1, 0.15) is 16.1 Å². The third-order valence-corrected chi connectivity index (χ3v) is 4.05. The summed E-state index contributed by atoms with van der Waals surface area (Å²) in [4.78, 5) is 5.55. The molecule has 0 bridgehead atoms. The molecule has 0 aliphatic rings. The fraction of sp³-hybridized carbons (Fsp3) is 0.214. The SMILES string of the molecule is Cc1nn(C)c2ncc(NCc3cc(C#N)cs3)cc12. The van der Waals surface area contributed by atoms with Gasteiger partial charge in [0, 0.05) is 29.2 Å². The van der Waals surface area contributed by atoms with Gasteiger partial charge in [0.15, 0.2) is 5.65 Å². The van der Waals surface area contributed by atoms with Gasteiger partial charge in [0.05, 0.1) is 23.1 Å². The van der Waals surface area contributed by atoms with Gasteiger partial charge < -0.3 is 5.32 Å². The number of hydrogen-bond donors (Lipinski definition) is 1. The number of nitrogens with zero attached hydrogens (tertiary/aromatic N) is 4. The highest BCUT2D eigenvalue weighted by Gasteiger charge is 2.07. The van der Waals surface area contributed by atoms with E-state index in [0.717, 1.165) is 27.3 Å². The number of pyridine rings is 1. The fourth-order valence-electron chi connectivity index (χ4n) is 2.13. The standard InChI is InChI=1S/C14H13N5S/c1-9-13-4-11(6-17-14(13)19(2)18-9)16-7-12-3-10(5-15)8-20-12/h3-4,6,8,16H,7H2,1-2H3. The fourth-order valence-corrected chi connectivity index (χ4v) is 2.88. The zero-order chi connectivity index (χ0) is 14.1. The van der Waals surface area contributed by atoms with Crippen LogP contribution in [0.4, 0.5) is 5.69 Å². The summed E-state index contributed by atoms with van der Waals surface area (Å²) in [6.45, 7) is 2.67. The Kier molecular flexibility index (Phi) is 3.12. The van der Waals surface area contributed by atoms with Crippen molar-refractivity contribution in [3.8, 4) is 6.07 Å². The molecule has 0 saturated heterocycles. The van der Waals surface area contributed by atoms with Crippen LogP contribution in [0.25, 0.3) is 11.0 Å². The number of aromatic nitrogens is 3. The second-order valence-corrected chi connectivity index (χ2v) is 5.57. The quantitative estimate of drug-likeness (QED) is 0.802. The third kappa shape index (κ3) is 2.24. The molecule has 0 spiro atoms. The van der Waals surface area contributed by atoms with Gasteiger partial charge in [-0.3, -0.25) is 4.68 Å². The number of anilines is 1. The van der Waals surface area contributed by atoms with E-state index in [1.165, 1.54) is 0 Å². The highest BCUT2D eigenvalue weighted by molar-refractivity contribution is 7.10. The van der Waals surface area contributed by atoms with E-state index in [4.69, 9.17) is 5.26 Å². The van der Waals surface area contributed by atoms with Crippen molar-refractivity contribution in [1.29, 1.82) is 5.26 Å². The van der Waals surface area contributed by atoms with Crippen molar-refractivity contribution in [1.82, 2.24) is 14.8 Å². The zero-order valence-electron chi connectivity index (χ0n) is 11.2. The summed E-state index contributed by atoms with van der Waals surface area (Å²) in [6.07, 6.45) is 1.81. The molecule has 3 heterocycles. The van der Waals surface area contributed by atoms with Gasteiger partial charge in [0.2, 0.25) is 0 Å². The Balaban J connectivity index is 1.81. The lowest BCUT2D eigenvalue weighted by Crippen LogP contribution is -1.98. The van der Waals surface area contributed by atoms with Crippen molar-refractivity contribution in [2.75, 3.05) is 5.32 Å². The van der Waals surface area contributed by atoms with Crippen molar-refractivity contribution in [3.63, 3.8) is 0 Å². The Morgan fingerprint density at radius 2 is 2.30 bits per heavy atom. The maximum Gasteiger partial charge on any atom is 0.157 e. The highest BCUT2D eigenvalue weighted by Crippen LogP contribution is 2.21. The molecule has 5 nitrogen and oxygen atoms in total. The van der Waals surface area contributed by atoms with Gasteiger partial charge >= 0.3 is 0 Å². The maximum atomic E-state index is 8.80. The molecule has 0 radical (unpaired) electrons. The van der Waals surface area contributed by atoms with E-state index in [-0.39, 0.29) is 0 Å². The number of thiophene rings is 1. The van der Waals surface area contributed by atoms with Gasteiger partial charge in [-0.05, 0) is 19.1 Å². The van der Waals surface area contributed by atoms with E-state index in [1.807, 2.05) is 31.6 Å². The minimum Gasteiger partial charge on any atom is -0.379 e. The van der Waals surface area contributed by atoms with Crippen LogP contribution in [0.2, 0.25) is 0 Å². The van der Waals surface area contributed by atoms with Crippen molar-refractivity contribution in [2.45, 2.75) is 13.5 Å². The minimum atomic E-state index is 0.693. The Bertz CT molecular complexity index is 809. The molecule has 6 heteroatoms. The van der Waals surface area contributed by atoms with Crippen LogP contribution >= 0.6 is 11.3 Å². The van der Waals surface area contributed by atoms with Gasteiger partial charge in [-0.15, -0.1) is 11.3 Å². The van der Waals surface area contributed by atoms with Crippen LogP contribution in [0.5, 0.6) is 0 Å². The van der Waals surface area contributed by atoms with Crippen LogP contribution in [0.15, 0.2) is 23.7 Å². The van der Waals surface area contributed by atoms with Crippen LogP contribution < -0.4 is 5.32 Å². The average Bonchev–Trinajstić information content (AvgIpc) is 3.02. The Hall–Kier alpha value is -2.39. The largest absolute Gasteiger partial charge is 0.379 e. The first kappa shape index (κ1) is 12.6. The third-order valence-electron chi connectivity index (χ3n) is 3.11. The van der Waals surface area contributed by atoms with Gasteiger partial charge in [-0.25, -0.2) is 4.98 Å². The Morgan fingerprint density at radius 1 is 1.45 bits per heavy atom. The molecule has 3 aromatic rings. The molecule has 3 rings (SSSR count). The summed E-state index contributed by atoms with van der Waals surface area (Å²) in [5.74, 6) is 0. The van der Waals surface area contributed by atoms with Crippen molar-refractivity contribution >= 4 is 28.1 Å². The number of aryl methyl sites for hydroxylation is 2. The number of nitrogens with one attached hydrogen (secondary N) is 1. The second-order valence-electron chi connectivity index (χ2n) is 4.57. The normalized spacial score (nSPS) is 10.7. The number of rotatable bonds is 3. The first-order valence-electron chi connectivity index (χ1n) is 6.18. The summed E-state index contributed by atoms with van der Waals surface area (Å²) in [5.41, 5.74) is 3.53. The molecule has 100 valence electrons. The van der Waals surface area contributed by atoms with E-state index in [2.05, 4.69) is 27.5 Å². The predicted molar refractivity (Wildman–Crippen MR) is 79.6 cm³/mol. The van der Waals surface area contributed by atoms with E-state index in [9.17, 15) is 0 Å². The number of fused-ring (bicyclic) bond motifs is 1. The summed E-state index contributed by atoms with van der Waals surface area (Å²) < 4.78 is 1.78. The van der Waals surface area contributed by atoms with E-state index >= 15 is 0 Å². The molecule has 0 aliphatic heterocycles. The Labute approximate surface area is 120 Å². The van der Waals surface area contributed by atoms with Gasteiger partial charge in [-0.1, -0.05) is 0 Å². The summed E-state index contributed by atoms with van der Waals surface area (Å²) in [5, 5.41) is 19.4. The average molecular weight is 283 g/mol.